The molecule has 2 aromatic carbocycles. The standard InChI is InChI=1S/C28H38N2O4/c1-21(2)13-9-6-7-12-16-26(31)29-20-22-17-18-24(25(19-22)33-5)34-28(32)27(30(3)4)23-14-10-8-11-15-23/h8-11,13-15,17-19,21,27H,6-7,12,16,20H2,1-5H3,(H,29,31)/b13-9+. The Labute approximate surface area is 203 Å². The fraction of sp³-hybridized carbons (Fsp3) is 0.429. The molecule has 0 aromatic heterocycles. The Balaban J connectivity index is 1.91. The number of unbranched alkanes of at least 4 members (excludes halogenated alkanes) is 2. The average molecular weight is 467 g/mol. The Hall–Kier alpha value is -3.12. The number of nitrogens with zero attached hydrogens (tertiary/aromatic N) is 1. The molecule has 0 spiro atoms. The smallest absolute Gasteiger partial charge is 0.333 e. The molecule has 1 amide bonds. The summed E-state index contributed by atoms with van der Waals surface area (Å²) >= 11 is 0. The summed E-state index contributed by atoms with van der Waals surface area (Å²) in [6.45, 7) is 4.70. The number of hydrogen-bond donors (Lipinski definition) is 1. The Morgan fingerprint density at radius 2 is 1.76 bits per heavy atom. The lowest BCUT2D eigenvalue weighted by Crippen LogP contribution is -2.31. The van der Waals surface area contributed by atoms with Crippen molar-refractivity contribution < 1.29 is 19.1 Å². The van der Waals surface area contributed by atoms with Gasteiger partial charge in [0.25, 0.3) is 0 Å². The van der Waals surface area contributed by atoms with Crippen LogP contribution in [0.15, 0.2) is 60.7 Å². The lowest BCUT2D eigenvalue weighted by Gasteiger charge is -2.23. The highest BCUT2D eigenvalue weighted by atomic mass is 16.6. The second kappa shape index (κ2) is 14.2. The maximum absolute atomic E-state index is 12.9. The fourth-order valence-electron chi connectivity index (χ4n) is 3.56. The van der Waals surface area contributed by atoms with Crippen molar-refractivity contribution in [3.8, 4) is 11.5 Å². The number of carbonyl (C=O) groups is 2. The first-order valence-electron chi connectivity index (χ1n) is 11.8. The second-order valence-electron chi connectivity index (χ2n) is 8.88. The van der Waals surface area contributed by atoms with Gasteiger partial charge in [0.15, 0.2) is 11.5 Å². The van der Waals surface area contributed by atoms with Crippen LogP contribution < -0.4 is 14.8 Å². The van der Waals surface area contributed by atoms with Crippen LogP contribution in [-0.2, 0) is 16.1 Å². The van der Waals surface area contributed by atoms with Crippen LogP contribution >= 0.6 is 0 Å². The zero-order chi connectivity index (χ0) is 24.9. The third kappa shape index (κ3) is 9.02. The average Bonchev–Trinajstić information content (AvgIpc) is 2.81. The molecule has 0 aliphatic rings. The number of amides is 1. The number of esters is 1. The summed E-state index contributed by atoms with van der Waals surface area (Å²) < 4.78 is 11.1. The molecule has 0 bridgehead atoms. The van der Waals surface area contributed by atoms with Crippen molar-refractivity contribution in [3.63, 3.8) is 0 Å². The van der Waals surface area contributed by atoms with Crippen molar-refractivity contribution in [2.45, 2.75) is 52.1 Å². The number of nitrogens with one attached hydrogen (secondary N) is 1. The maximum atomic E-state index is 12.9. The predicted octanol–water partition coefficient (Wildman–Crippen LogP) is 5.29. The molecule has 2 aromatic rings. The largest absolute Gasteiger partial charge is 0.493 e. The molecular formula is C28H38N2O4. The highest BCUT2D eigenvalue weighted by Crippen LogP contribution is 2.30. The number of carbonyl (C=O) groups excluding carboxylic acids is 2. The van der Waals surface area contributed by atoms with E-state index in [2.05, 4.69) is 31.3 Å². The van der Waals surface area contributed by atoms with Crippen LogP contribution in [0.4, 0.5) is 0 Å². The van der Waals surface area contributed by atoms with Crippen LogP contribution in [-0.4, -0.2) is 38.0 Å². The Bertz CT molecular complexity index is 939. The van der Waals surface area contributed by atoms with E-state index in [1.165, 1.54) is 7.11 Å². The molecule has 1 N–H and O–H groups in total. The van der Waals surface area contributed by atoms with Crippen LogP contribution in [0.25, 0.3) is 0 Å². The topological polar surface area (TPSA) is 67.9 Å². The first-order valence-corrected chi connectivity index (χ1v) is 11.8. The number of hydrogen-bond acceptors (Lipinski definition) is 5. The normalized spacial score (nSPS) is 12.2. The molecule has 1 atom stereocenters. The number of benzene rings is 2. The van der Waals surface area contributed by atoms with E-state index in [4.69, 9.17) is 9.47 Å². The molecular weight excluding hydrogens is 428 g/mol. The summed E-state index contributed by atoms with van der Waals surface area (Å²) in [4.78, 5) is 26.9. The summed E-state index contributed by atoms with van der Waals surface area (Å²) in [5.74, 6) is 0.994. The molecule has 0 aliphatic carbocycles. The van der Waals surface area contributed by atoms with Gasteiger partial charge in [-0.2, -0.15) is 0 Å². The summed E-state index contributed by atoms with van der Waals surface area (Å²) in [6.07, 6.45) is 7.75. The zero-order valence-electron chi connectivity index (χ0n) is 21.0. The van der Waals surface area contributed by atoms with E-state index in [9.17, 15) is 9.59 Å². The van der Waals surface area contributed by atoms with E-state index < -0.39 is 12.0 Å². The van der Waals surface area contributed by atoms with Crippen molar-refractivity contribution in [3.05, 3.63) is 71.8 Å². The van der Waals surface area contributed by atoms with Crippen molar-refractivity contribution in [1.29, 1.82) is 0 Å². The third-order valence-electron chi connectivity index (χ3n) is 5.33. The third-order valence-corrected chi connectivity index (χ3v) is 5.33. The summed E-state index contributed by atoms with van der Waals surface area (Å²) in [5.41, 5.74) is 1.73. The number of methoxy groups -OCH3 is 1. The number of ether oxygens (including phenoxy) is 2. The minimum atomic E-state index is -0.536. The number of likely N-dealkylation sites (N-methyl/N-ethyl adjacent to an activating group) is 1. The van der Waals surface area contributed by atoms with Crippen molar-refractivity contribution in [2.75, 3.05) is 21.2 Å². The molecule has 6 heteroatoms. The van der Waals surface area contributed by atoms with E-state index in [0.29, 0.717) is 30.4 Å². The van der Waals surface area contributed by atoms with Crippen LogP contribution in [0, 0.1) is 5.92 Å². The van der Waals surface area contributed by atoms with E-state index in [0.717, 1.165) is 30.4 Å². The van der Waals surface area contributed by atoms with Crippen molar-refractivity contribution in [1.82, 2.24) is 10.2 Å². The SMILES string of the molecule is COc1cc(CNC(=O)CCCC/C=C/C(C)C)ccc1OC(=O)C(c1ccccc1)N(C)C. The quantitative estimate of drug-likeness (QED) is 0.188. The van der Waals surface area contributed by atoms with Gasteiger partial charge in [-0.1, -0.05) is 62.4 Å². The molecule has 184 valence electrons. The van der Waals surface area contributed by atoms with Gasteiger partial charge in [0.1, 0.15) is 6.04 Å². The Kier molecular flexibility index (Phi) is 11.3. The first kappa shape index (κ1) is 27.1. The van der Waals surface area contributed by atoms with Crippen molar-refractivity contribution >= 4 is 11.9 Å². The number of rotatable bonds is 13. The van der Waals surface area contributed by atoms with Gasteiger partial charge in [-0.25, -0.2) is 4.79 Å². The Morgan fingerprint density at radius 3 is 2.41 bits per heavy atom. The van der Waals surface area contributed by atoms with Crippen LogP contribution in [0.2, 0.25) is 0 Å². The molecule has 0 saturated heterocycles. The molecule has 0 heterocycles. The molecule has 0 radical (unpaired) electrons. The molecule has 1 unspecified atom stereocenters. The van der Waals surface area contributed by atoms with Crippen LogP contribution in [0.3, 0.4) is 0 Å². The zero-order valence-corrected chi connectivity index (χ0v) is 21.0. The molecule has 6 nitrogen and oxygen atoms in total. The molecule has 0 saturated carbocycles. The maximum Gasteiger partial charge on any atom is 0.333 e. The van der Waals surface area contributed by atoms with E-state index in [-0.39, 0.29) is 5.91 Å². The predicted molar refractivity (Wildman–Crippen MR) is 136 cm³/mol. The van der Waals surface area contributed by atoms with E-state index in [1.54, 1.807) is 12.1 Å². The van der Waals surface area contributed by atoms with Gasteiger partial charge in [0.2, 0.25) is 5.91 Å². The van der Waals surface area contributed by atoms with Crippen LogP contribution in [0.1, 0.15) is 56.7 Å². The highest BCUT2D eigenvalue weighted by molar-refractivity contribution is 5.80. The van der Waals surface area contributed by atoms with Gasteiger partial charge in [-0.15, -0.1) is 0 Å². The van der Waals surface area contributed by atoms with Crippen molar-refractivity contribution in [2.24, 2.45) is 5.92 Å². The van der Waals surface area contributed by atoms with Gasteiger partial charge in [-0.3, -0.25) is 9.69 Å². The minimum Gasteiger partial charge on any atom is -0.493 e. The molecule has 34 heavy (non-hydrogen) atoms. The summed E-state index contributed by atoms with van der Waals surface area (Å²) in [5, 5.41) is 2.95. The highest BCUT2D eigenvalue weighted by Gasteiger charge is 2.26. The lowest BCUT2D eigenvalue weighted by molar-refractivity contribution is -0.139. The van der Waals surface area contributed by atoms with Gasteiger partial charge >= 0.3 is 5.97 Å². The lowest BCUT2D eigenvalue weighted by atomic mass is 10.1. The second-order valence-corrected chi connectivity index (χ2v) is 8.88. The monoisotopic (exact) mass is 466 g/mol. The Morgan fingerprint density at radius 1 is 1.03 bits per heavy atom. The summed E-state index contributed by atoms with van der Waals surface area (Å²) in [6, 6.07) is 14.3. The first-order chi connectivity index (χ1) is 16.3. The van der Waals surface area contributed by atoms with Gasteiger partial charge in [0.05, 0.1) is 7.11 Å². The summed E-state index contributed by atoms with van der Waals surface area (Å²) in [7, 11) is 5.21. The van der Waals surface area contributed by atoms with E-state index in [1.807, 2.05) is 55.4 Å². The van der Waals surface area contributed by atoms with Gasteiger partial charge < -0.3 is 14.8 Å². The van der Waals surface area contributed by atoms with Crippen LogP contribution in [0.5, 0.6) is 11.5 Å². The fourth-order valence-corrected chi connectivity index (χ4v) is 3.56. The number of allylic oxidation sites excluding steroid dienone is 2. The van der Waals surface area contributed by atoms with E-state index >= 15 is 0 Å². The molecule has 0 aliphatic heterocycles. The molecule has 0 fully saturated rings. The van der Waals surface area contributed by atoms with Gasteiger partial charge in [-0.05, 0) is 62.5 Å². The molecule has 2 rings (SSSR count). The minimum absolute atomic E-state index is 0.0268. The van der Waals surface area contributed by atoms with Gasteiger partial charge in [0, 0.05) is 13.0 Å².